The van der Waals surface area contributed by atoms with Crippen molar-refractivity contribution in [3.8, 4) is 11.5 Å². The number of benzene rings is 1. The molecule has 2 rings (SSSR count). The minimum atomic E-state index is 0.191. The molecule has 1 aromatic carbocycles. The molecule has 0 saturated carbocycles. The van der Waals surface area contributed by atoms with Crippen LogP contribution in [0.4, 0.5) is 0 Å². The fourth-order valence-corrected chi connectivity index (χ4v) is 3.34. The molecule has 1 atom stereocenters. The monoisotopic (exact) mass is 356 g/mol. The van der Waals surface area contributed by atoms with Crippen molar-refractivity contribution >= 4 is 15.9 Å². The highest BCUT2D eigenvalue weighted by Crippen LogP contribution is 2.39. The van der Waals surface area contributed by atoms with E-state index in [4.69, 9.17) is 4.74 Å². The second kappa shape index (κ2) is 8.01. The van der Waals surface area contributed by atoms with E-state index in [2.05, 4.69) is 33.1 Å². The van der Waals surface area contributed by atoms with Gasteiger partial charge < -0.3 is 15.2 Å². The first-order chi connectivity index (χ1) is 10.2. The van der Waals surface area contributed by atoms with Gasteiger partial charge in [-0.25, -0.2) is 0 Å². The molecule has 1 heterocycles. The zero-order valence-electron chi connectivity index (χ0n) is 12.9. The van der Waals surface area contributed by atoms with Crippen molar-refractivity contribution in [3.05, 3.63) is 22.2 Å². The maximum absolute atomic E-state index is 10.1. The molecule has 0 bridgehead atoms. The van der Waals surface area contributed by atoms with E-state index in [0.717, 1.165) is 39.0 Å². The molecule has 0 radical (unpaired) electrons. The topological polar surface area (TPSA) is 44.7 Å². The minimum Gasteiger partial charge on any atom is -0.503 e. The van der Waals surface area contributed by atoms with Crippen molar-refractivity contribution in [2.45, 2.75) is 32.7 Å². The normalized spacial score (nSPS) is 17.7. The molecule has 0 aliphatic carbocycles. The van der Waals surface area contributed by atoms with Crippen LogP contribution in [0.25, 0.3) is 0 Å². The predicted molar refractivity (Wildman–Crippen MR) is 89.1 cm³/mol. The lowest BCUT2D eigenvalue weighted by atomic mass is 9.99. The number of hydrogen-bond donors (Lipinski definition) is 2. The molecule has 0 aromatic heterocycles. The second-order valence-corrected chi connectivity index (χ2v) is 6.23. The molecule has 4 nitrogen and oxygen atoms in total. The lowest BCUT2D eigenvalue weighted by Crippen LogP contribution is -2.45. The van der Waals surface area contributed by atoms with E-state index in [9.17, 15) is 5.11 Å². The summed E-state index contributed by atoms with van der Waals surface area (Å²) in [6.45, 7) is 8.90. The van der Waals surface area contributed by atoms with Crippen LogP contribution < -0.4 is 10.1 Å². The van der Waals surface area contributed by atoms with Crippen LogP contribution in [-0.2, 0) is 0 Å². The Balaban J connectivity index is 2.30. The largest absolute Gasteiger partial charge is 0.503 e. The zero-order chi connectivity index (χ0) is 15.2. The van der Waals surface area contributed by atoms with Crippen LogP contribution in [0.3, 0.4) is 0 Å². The van der Waals surface area contributed by atoms with Crippen LogP contribution in [0.2, 0.25) is 0 Å². The van der Waals surface area contributed by atoms with Crippen LogP contribution in [0.15, 0.2) is 16.6 Å². The molecule has 0 unspecified atom stereocenters. The lowest BCUT2D eigenvalue weighted by molar-refractivity contribution is 0.164. The number of ether oxygens (including phenoxy) is 1. The minimum absolute atomic E-state index is 0.191. The molecule has 1 saturated heterocycles. The summed E-state index contributed by atoms with van der Waals surface area (Å²) in [5.74, 6) is 0.759. The van der Waals surface area contributed by atoms with Crippen molar-refractivity contribution in [2.24, 2.45) is 0 Å². The number of rotatable bonds is 6. The van der Waals surface area contributed by atoms with Crippen LogP contribution in [0.1, 0.15) is 38.3 Å². The first-order valence-corrected chi connectivity index (χ1v) is 8.56. The first-order valence-electron chi connectivity index (χ1n) is 7.77. The van der Waals surface area contributed by atoms with Gasteiger partial charge in [0.15, 0.2) is 11.5 Å². The van der Waals surface area contributed by atoms with Gasteiger partial charge in [-0.2, -0.15) is 0 Å². The fourth-order valence-electron chi connectivity index (χ4n) is 2.88. The summed E-state index contributed by atoms with van der Waals surface area (Å²) in [5.41, 5.74) is 1.21. The Morgan fingerprint density at radius 3 is 2.67 bits per heavy atom. The molecule has 1 fully saturated rings. The molecular weight excluding hydrogens is 332 g/mol. The van der Waals surface area contributed by atoms with Crippen LogP contribution in [0, 0.1) is 0 Å². The van der Waals surface area contributed by atoms with Gasteiger partial charge in [-0.1, -0.05) is 13.3 Å². The van der Waals surface area contributed by atoms with E-state index < -0.39 is 0 Å². The maximum Gasteiger partial charge on any atom is 0.172 e. The quantitative estimate of drug-likeness (QED) is 0.820. The average molecular weight is 357 g/mol. The van der Waals surface area contributed by atoms with Gasteiger partial charge in [-0.3, -0.25) is 4.90 Å². The molecule has 21 heavy (non-hydrogen) atoms. The zero-order valence-corrected chi connectivity index (χ0v) is 14.4. The van der Waals surface area contributed by atoms with Gasteiger partial charge >= 0.3 is 0 Å². The van der Waals surface area contributed by atoms with E-state index in [1.165, 1.54) is 5.56 Å². The van der Waals surface area contributed by atoms with E-state index in [1.54, 1.807) is 0 Å². The van der Waals surface area contributed by atoms with Crippen LogP contribution in [-0.4, -0.2) is 42.8 Å². The molecular formula is C16H25BrN2O2. The number of nitrogens with zero attached hydrogens (tertiary/aromatic N) is 1. The summed E-state index contributed by atoms with van der Waals surface area (Å²) in [4.78, 5) is 2.52. The van der Waals surface area contributed by atoms with Crippen molar-refractivity contribution < 1.29 is 9.84 Å². The van der Waals surface area contributed by atoms with Crippen molar-refractivity contribution in [1.82, 2.24) is 10.2 Å². The average Bonchev–Trinajstić information content (AvgIpc) is 2.50. The third-order valence-corrected chi connectivity index (χ3v) is 4.49. The Morgan fingerprint density at radius 2 is 2.05 bits per heavy atom. The van der Waals surface area contributed by atoms with Gasteiger partial charge in [0.25, 0.3) is 0 Å². The molecule has 1 aliphatic heterocycles. The Labute approximate surface area is 135 Å². The molecule has 5 heteroatoms. The standard InChI is InChI=1S/C16H25BrN2O2/c1-3-5-14(19-8-6-18-7-9-19)12-10-13(17)16(20)15(11-12)21-4-2/h10-11,14,18,20H,3-9H2,1-2H3/t14-/m0/s1. The van der Waals surface area contributed by atoms with E-state index in [-0.39, 0.29) is 5.75 Å². The SMILES string of the molecule is CCC[C@@H](c1cc(Br)c(O)c(OCC)c1)N1CCNCC1. The summed E-state index contributed by atoms with van der Waals surface area (Å²) in [7, 11) is 0. The van der Waals surface area contributed by atoms with Crippen molar-refractivity contribution in [1.29, 1.82) is 0 Å². The Bertz CT molecular complexity index is 462. The molecule has 1 aliphatic rings. The highest BCUT2D eigenvalue weighted by molar-refractivity contribution is 9.10. The lowest BCUT2D eigenvalue weighted by Gasteiger charge is -2.35. The number of nitrogens with one attached hydrogen (secondary N) is 1. The predicted octanol–water partition coefficient (Wildman–Crippen LogP) is 3.30. The summed E-state index contributed by atoms with van der Waals surface area (Å²) in [6, 6.07) is 4.40. The van der Waals surface area contributed by atoms with Gasteiger partial charge in [0, 0.05) is 32.2 Å². The van der Waals surface area contributed by atoms with Crippen molar-refractivity contribution in [3.63, 3.8) is 0 Å². The Hall–Kier alpha value is -0.780. The summed E-state index contributed by atoms with van der Waals surface area (Å²) in [5, 5.41) is 13.5. The summed E-state index contributed by atoms with van der Waals surface area (Å²) >= 11 is 3.45. The van der Waals surface area contributed by atoms with Gasteiger partial charge in [0.05, 0.1) is 11.1 Å². The van der Waals surface area contributed by atoms with E-state index in [0.29, 0.717) is 22.9 Å². The van der Waals surface area contributed by atoms with E-state index in [1.807, 2.05) is 19.1 Å². The number of phenols is 1. The number of phenolic OH excluding ortho intramolecular Hbond substituents is 1. The number of piperazine rings is 1. The van der Waals surface area contributed by atoms with Gasteiger partial charge in [0.2, 0.25) is 0 Å². The smallest absolute Gasteiger partial charge is 0.172 e. The third kappa shape index (κ3) is 4.11. The van der Waals surface area contributed by atoms with Gasteiger partial charge in [-0.05, 0) is 47.0 Å². The molecule has 0 spiro atoms. The molecule has 1 aromatic rings. The van der Waals surface area contributed by atoms with E-state index >= 15 is 0 Å². The Kier molecular flexibility index (Phi) is 6.33. The second-order valence-electron chi connectivity index (χ2n) is 5.37. The number of aromatic hydroxyl groups is 1. The van der Waals surface area contributed by atoms with Crippen LogP contribution >= 0.6 is 15.9 Å². The summed E-state index contributed by atoms with van der Waals surface area (Å²) in [6.07, 6.45) is 2.25. The highest BCUT2D eigenvalue weighted by Gasteiger charge is 2.23. The van der Waals surface area contributed by atoms with Gasteiger partial charge in [0.1, 0.15) is 0 Å². The van der Waals surface area contributed by atoms with Crippen molar-refractivity contribution in [2.75, 3.05) is 32.8 Å². The fraction of sp³-hybridized carbons (Fsp3) is 0.625. The number of halogens is 1. The third-order valence-electron chi connectivity index (χ3n) is 3.89. The number of hydrogen-bond acceptors (Lipinski definition) is 4. The van der Waals surface area contributed by atoms with Gasteiger partial charge in [-0.15, -0.1) is 0 Å². The molecule has 0 amide bonds. The first kappa shape index (κ1) is 16.6. The molecule has 118 valence electrons. The highest BCUT2D eigenvalue weighted by atomic mass is 79.9. The Morgan fingerprint density at radius 1 is 1.33 bits per heavy atom. The summed E-state index contributed by atoms with van der Waals surface area (Å²) < 4.78 is 6.27. The maximum atomic E-state index is 10.1. The van der Waals surface area contributed by atoms with Crippen LogP contribution in [0.5, 0.6) is 11.5 Å². The molecule has 2 N–H and O–H groups in total.